The highest BCUT2D eigenvalue weighted by atomic mass is 79.9. The molecule has 0 spiro atoms. The van der Waals surface area contributed by atoms with Gasteiger partial charge in [0.2, 0.25) is 0 Å². The highest BCUT2D eigenvalue weighted by Gasteiger charge is 2.29. The summed E-state index contributed by atoms with van der Waals surface area (Å²) in [6, 6.07) is 5.68. The SMILES string of the molecule is COc1ccc(Br)c(C(=O)NCCC2SC(NC3CCCCCC3)=NC2=O)c1. The number of hydrogen-bond donors (Lipinski definition) is 2. The molecule has 6 nitrogen and oxygen atoms in total. The minimum absolute atomic E-state index is 0.113. The van der Waals surface area contributed by atoms with Crippen LogP contribution in [-0.4, -0.2) is 41.9 Å². The molecule has 1 atom stereocenters. The van der Waals surface area contributed by atoms with E-state index in [9.17, 15) is 9.59 Å². The molecule has 152 valence electrons. The summed E-state index contributed by atoms with van der Waals surface area (Å²) in [5, 5.41) is 6.84. The Hall–Kier alpha value is -1.54. The third-order valence-electron chi connectivity index (χ3n) is 5.03. The number of nitrogens with one attached hydrogen (secondary N) is 2. The first-order valence-electron chi connectivity index (χ1n) is 9.74. The maximum absolute atomic E-state index is 12.4. The topological polar surface area (TPSA) is 79.8 Å². The Morgan fingerprint density at radius 2 is 2.04 bits per heavy atom. The van der Waals surface area contributed by atoms with Crippen molar-refractivity contribution in [1.29, 1.82) is 0 Å². The normalized spacial score (nSPS) is 20.4. The Bertz CT molecular complexity index is 748. The zero-order valence-electron chi connectivity index (χ0n) is 16.0. The van der Waals surface area contributed by atoms with Gasteiger partial charge in [-0.2, -0.15) is 4.99 Å². The van der Waals surface area contributed by atoms with E-state index in [1.54, 1.807) is 25.3 Å². The van der Waals surface area contributed by atoms with Gasteiger partial charge in [0.25, 0.3) is 11.8 Å². The van der Waals surface area contributed by atoms with Gasteiger partial charge in [0.1, 0.15) is 5.75 Å². The fraction of sp³-hybridized carbons (Fsp3) is 0.550. The molecule has 0 saturated heterocycles. The maximum Gasteiger partial charge on any atom is 0.261 e. The van der Waals surface area contributed by atoms with Crippen LogP contribution in [0.2, 0.25) is 0 Å². The van der Waals surface area contributed by atoms with Crippen molar-refractivity contribution in [2.45, 2.75) is 56.2 Å². The molecule has 1 aliphatic carbocycles. The average Bonchev–Trinajstić information content (AvgIpc) is 2.86. The predicted octanol–water partition coefficient (Wildman–Crippen LogP) is 3.89. The molecule has 2 amide bonds. The molecule has 1 unspecified atom stereocenters. The van der Waals surface area contributed by atoms with Crippen molar-refractivity contribution in [3.05, 3.63) is 28.2 Å². The third-order valence-corrected chi connectivity index (χ3v) is 6.88. The molecular weight excluding hydrogens is 442 g/mol. The van der Waals surface area contributed by atoms with Crippen molar-refractivity contribution in [3.63, 3.8) is 0 Å². The van der Waals surface area contributed by atoms with E-state index in [0.717, 1.165) is 18.0 Å². The van der Waals surface area contributed by atoms with Gasteiger partial charge in [-0.3, -0.25) is 9.59 Å². The van der Waals surface area contributed by atoms with Crippen LogP contribution >= 0.6 is 27.7 Å². The summed E-state index contributed by atoms with van der Waals surface area (Å²) in [4.78, 5) is 28.8. The van der Waals surface area contributed by atoms with Gasteiger partial charge in [-0.1, -0.05) is 37.4 Å². The molecule has 0 radical (unpaired) electrons. The van der Waals surface area contributed by atoms with E-state index in [4.69, 9.17) is 4.74 Å². The van der Waals surface area contributed by atoms with Crippen molar-refractivity contribution in [2.75, 3.05) is 13.7 Å². The second kappa shape index (κ2) is 10.3. The van der Waals surface area contributed by atoms with Crippen molar-refractivity contribution in [2.24, 2.45) is 4.99 Å². The second-order valence-electron chi connectivity index (χ2n) is 7.08. The zero-order chi connectivity index (χ0) is 19.9. The standard InChI is InChI=1S/C20H26BrN3O3S/c1-27-14-8-9-16(21)15(12-14)18(25)22-11-10-17-19(26)24-20(28-17)23-13-6-4-2-3-5-7-13/h8-9,12-13,17H,2-7,10-11H2,1H3,(H,22,25)(H,23,24,26). The van der Waals surface area contributed by atoms with Gasteiger partial charge >= 0.3 is 0 Å². The lowest BCUT2D eigenvalue weighted by Crippen LogP contribution is -2.32. The molecule has 1 aliphatic heterocycles. The number of amidine groups is 1. The largest absolute Gasteiger partial charge is 0.497 e. The molecule has 0 aromatic heterocycles. The van der Waals surface area contributed by atoms with Gasteiger partial charge < -0.3 is 15.4 Å². The molecule has 3 rings (SSSR count). The van der Waals surface area contributed by atoms with Gasteiger partial charge in [-0.05, 0) is 53.4 Å². The first kappa shape index (κ1) is 21.2. The number of rotatable bonds is 6. The molecule has 8 heteroatoms. The number of nitrogens with zero attached hydrogens (tertiary/aromatic N) is 1. The molecule has 0 bridgehead atoms. The average molecular weight is 468 g/mol. The smallest absolute Gasteiger partial charge is 0.261 e. The summed E-state index contributed by atoms with van der Waals surface area (Å²) in [6.07, 6.45) is 7.90. The van der Waals surface area contributed by atoms with E-state index in [0.29, 0.717) is 34.8 Å². The molecule has 1 fully saturated rings. The quantitative estimate of drug-likeness (QED) is 0.620. The molecule has 2 aliphatic rings. The Balaban J connectivity index is 1.45. The van der Waals surface area contributed by atoms with Crippen LogP contribution in [-0.2, 0) is 4.79 Å². The molecule has 1 aromatic rings. The number of amides is 2. The monoisotopic (exact) mass is 467 g/mol. The fourth-order valence-corrected chi connectivity index (χ4v) is 4.91. The van der Waals surface area contributed by atoms with Crippen LogP contribution in [0.15, 0.2) is 27.7 Å². The second-order valence-corrected chi connectivity index (χ2v) is 9.13. The molecule has 1 saturated carbocycles. The Kier molecular flexibility index (Phi) is 7.79. The number of carbonyl (C=O) groups excluding carboxylic acids is 2. The van der Waals surface area contributed by atoms with Crippen molar-refractivity contribution in [3.8, 4) is 5.75 Å². The lowest BCUT2D eigenvalue weighted by molar-refractivity contribution is -0.117. The molecule has 2 N–H and O–H groups in total. The van der Waals surface area contributed by atoms with E-state index in [1.807, 2.05) is 0 Å². The fourth-order valence-electron chi connectivity index (χ4n) is 3.45. The Morgan fingerprint density at radius 1 is 1.29 bits per heavy atom. The number of aliphatic imine (C=N–C) groups is 1. The number of methoxy groups -OCH3 is 1. The van der Waals surface area contributed by atoms with Crippen molar-refractivity contribution in [1.82, 2.24) is 10.6 Å². The minimum Gasteiger partial charge on any atom is -0.497 e. The number of carbonyl (C=O) groups is 2. The Morgan fingerprint density at radius 3 is 2.75 bits per heavy atom. The van der Waals surface area contributed by atoms with Crippen LogP contribution in [0.25, 0.3) is 0 Å². The van der Waals surface area contributed by atoms with Crippen molar-refractivity contribution >= 4 is 44.7 Å². The van der Waals surface area contributed by atoms with Crippen LogP contribution in [0.3, 0.4) is 0 Å². The van der Waals surface area contributed by atoms with Gasteiger partial charge in [-0.25, -0.2) is 0 Å². The first-order chi connectivity index (χ1) is 13.6. The van der Waals surface area contributed by atoms with Gasteiger partial charge in [0, 0.05) is 17.1 Å². The lowest BCUT2D eigenvalue weighted by Gasteiger charge is -2.17. The van der Waals surface area contributed by atoms with Gasteiger partial charge in [0.15, 0.2) is 5.17 Å². The summed E-state index contributed by atoms with van der Waals surface area (Å²) in [5.41, 5.74) is 0.511. The number of halogens is 1. The zero-order valence-corrected chi connectivity index (χ0v) is 18.4. The molecule has 1 heterocycles. The van der Waals surface area contributed by atoms with Crippen LogP contribution in [0, 0.1) is 0 Å². The van der Waals surface area contributed by atoms with Crippen LogP contribution in [0.4, 0.5) is 0 Å². The molecular formula is C20H26BrN3O3S. The van der Waals surface area contributed by atoms with E-state index < -0.39 is 0 Å². The van der Waals surface area contributed by atoms with E-state index >= 15 is 0 Å². The Labute approximate surface area is 178 Å². The third kappa shape index (κ3) is 5.73. The van der Waals surface area contributed by atoms with E-state index in [1.165, 1.54) is 37.4 Å². The van der Waals surface area contributed by atoms with E-state index in [-0.39, 0.29) is 17.1 Å². The number of benzene rings is 1. The molecule has 1 aromatic carbocycles. The summed E-state index contributed by atoms with van der Waals surface area (Å²) < 4.78 is 5.87. The maximum atomic E-state index is 12.4. The highest BCUT2D eigenvalue weighted by molar-refractivity contribution is 9.10. The van der Waals surface area contributed by atoms with Crippen LogP contribution in [0.1, 0.15) is 55.3 Å². The highest BCUT2D eigenvalue weighted by Crippen LogP contribution is 2.26. The van der Waals surface area contributed by atoms with Gasteiger partial charge in [0.05, 0.1) is 17.9 Å². The number of thioether (sulfide) groups is 1. The summed E-state index contributed by atoms with van der Waals surface area (Å²) in [7, 11) is 1.56. The van der Waals surface area contributed by atoms with Gasteiger partial charge in [-0.15, -0.1) is 0 Å². The number of hydrogen-bond acceptors (Lipinski definition) is 5. The summed E-state index contributed by atoms with van der Waals surface area (Å²) in [5.74, 6) is 0.314. The number of ether oxygens (including phenoxy) is 1. The summed E-state index contributed by atoms with van der Waals surface area (Å²) >= 11 is 4.87. The summed E-state index contributed by atoms with van der Waals surface area (Å²) in [6.45, 7) is 0.415. The first-order valence-corrected chi connectivity index (χ1v) is 11.4. The van der Waals surface area contributed by atoms with Crippen molar-refractivity contribution < 1.29 is 14.3 Å². The minimum atomic E-state index is -0.234. The van der Waals surface area contributed by atoms with Crippen LogP contribution < -0.4 is 15.4 Å². The predicted molar refractivity (Wildman–Crippen MR) is 116 cm³/mol. The lowest BCUT2D eigenvalue weighted by atomic mass is 10.1. The van der Waals surface area contributed by atoms with Crippen LogP contribution in [0.5, 0.6) is 5.75 Å². The molecule has 28 heavy (non-hydrogen) atoms. The van der Waals surface area contributed by atoms with E-state index in [2.05, 4.69) is 31.6 Å².